The number of hydrogen-bond acceptors (Lipinski definition) is 3. The minimum absolute atomic E-state index is 0.597. The Kier molecular flexibility index (Phi) is 3.68. The molecule has 4 nitrogen and oxygen atoms in total. The summed E-state index contributed by atoms with van der Waals surface area (Å²) in [6.45, 7) is 0. The number of methoxy groups -OCH3 is 1. The molecular weight excluding hydrogens is 331 g/mol. The molecule has 1 atom stereocenters. The minimum Gasteiger partial charge on any atom is -0.493 e. The van der Waals surface area contributed by atoms with Gasteiger partial charge in [0.1, 0.15) is 11.8 Å². The van der Waals surface area contributed by atoms with Crippen molar-refractivity contribution in [3.05, 3.63) is 45.3 Å². The fourth-order valence-electron chi connectivity index (χ4n) is 1.74. The number of aromatic nitrogens is 2. The third-order valence-electron chi connectivity index (χ3n) is 2.63. The van der Waals surface area contributed by atoms with E-state index in [9.17, 15) is 5.11 Å². The first-order valence-electron chi connectivity index (χ1n) is 5.13. The number of halogens is 1. The summed E-state index contributed by atoms with van der Waals surface area (Å²) >= 11 is 2.21. The molecule has 90 valence electrons. The van der Waals surface area contributed by atoms with Gasteiger partial charge in [-0.05, 0) is 34.2 Å². The molecule has 0 saturated carbocycles. The maximum Gasteiger partial charge on any atom is 0.162 e. The molecule has 1 N–H and O–H groups in total. The molecule has 1 aromatic carbocycles. The van der Waals surface area contributed by atoms with Gasteiger partial charge in [-0.2, -0.15) is 5.10 Å². The van der Waals surface area contributed by atoms with Crippen LogP contribution < -0.4 is 4.74 Å². The van der Waals surface area contributed by atoms with Gasteiger partial charge in [0.2, 0.25) is 0 Å². The molecule has 0 fully saturated rings. The van der Waals surface area contributed by atoms with Crippen molar-refractivity contribution in [1.29, 1.82) is 0 Å². The second kappa shape index (κ2) is 5.05. The van der Waals surface area contributed by atoms with Crippen LogP contribution in [-0.4, -0.2) is 22.0 Å². The fraction of sp³-hybridized carbons (Fsp3) is 0.250. The first-order valence-corrected chi connectivity index (χ1v) is 6.21. The van der Waals surface area contributed by atoms with Crippen LogP contribution in [-0.2, 0) is 7.05 Å². The predicted octanol–water partition coefficient (Wildman–Crippen LogP) is 2.12. The van der Waals surface area contributed by atoms with Gasteiger partial charge >= 0.3 is 0 Å². The van der Waals surface area contributed by atoms with E-state index in [4.69, 9.17) is 4.74 Å². The molecule has 1 heterocycles. The molecule has 17 heavy (non-hydrogen) atoms. The Hall–Kier alpha value is -1.08. The maximum absolute atomic E-state index is 10.4. The number of aliphatic hydroxyl groups excluding tert-OH is 1. The lowest BCUT2D eigenvalue weighted by Gasteiger charge is -2.14. The smallest absolute Gasteiger partial charge is 0.162 e. The first kappa shape index (κ1) is 12.4. The molecule has 2 aromatic rings. The van der Waals surface area contributed by atoms with Crippen LogP contribution in [0.3, 0.4) is 0 Å². The summed E-state index contributed by atoms with van der Waals surface area (Å²) in [5.74, 6) is 0.597. The third kappa shape index (κ3) is 2.30. The van der Waals surface area contributed by atoms with Crippen LogP contribution in [0.2, 0.25) is 0 Å². The molecule has 0 aliphatic heterocycles. The van der Waals surface area contributed by atoms with E-state index in [2.05, 4.69) is 27.7 Å². The zero-order valence-corrected chi connectivity index (χ0v) is 11.7. The molecule has 1 unspecified atom stereocenters. The summed E-state index contributed by atoms with van der Waals surface area (Å²) in [6.07, 6.45) is 0.875. The summed E-state index contributed by atoms with van der Waals surface area (Å²) in [5, 5.41) is 14.5. The molecule has 0 bridgehead atoms. The van der Waals surface area contributed by atoms with Crippen molar-refractivity contribution in [2.24, 2.45) is 7.05 Å². The van der Waals surface area contributed by atoms with E-state index >= 15 is 0 Å². The number of nitrogens with zero attached hydrogens (tertiary/aromatic N) is 2. The van der Waals surface area contributed by atoms with E-state index in [1.807, 2.05) is 24.3 Å². The van der Waals surface area contributed by atoms with Crippen LogP contribution >= 0.6 is 22.6 Å². The van der Waals surface area contributed by atoms with Crippen molar-refractivity contribution >= 4 is 22.6 Å². The summed E-state index contributed by atoms with van der Waals surface area (Å²) in [6, 6.07) is 7.71. The zero-order chi connectivity index (χ0) is 12.4. The van der Waals surface area contributed by atoms with Gasteiger partial charge in [-0.15, -0.1) is 0 Å². The Morgan fingerprint density at radius 1 is 1.41 bits per heavy atom. The number of benzene rings is 1. The van der Waals surface area contributed by atoms with Gasteiger partial charge in [-0.25, -0.2) is 0 Å². The molecule has 0 spiro atoms. The lowest BCUT2D eigenvalue weighted by Crippen LogP contribution is -2.09. The summed E-state index contributed by atoms with van der Waals surface area (Å²) in [5.41, 5.74) is 1.52. The second-order valence-corrected chi connectivity index (χ2v) is 4.81. The number of aryl methyl sites for hydroxylation is 1. The van der Waals surface area contributed by atoms with Crippen molar-refractivity contribution in [3.8, 4) is 5.75 Å². The van der Waals surface area contributed by atoms with E-state index in [0.29, 0.717) is 11.4 Å². The van der Waals surface area contributed by atoms with Crippen molar-refractivity contribution in [2.45, 2.75) is 6.10 Å². The molecular formula is C12H13IN2O2. The van der Waals surface area contributed by atoms with Gasteiger partial charge in [0.05, 0.1) is 13.3 Å². The van der Waals surface area contributed by atoms with Gasteiger partial charge in [0.25, 0.3) is 0 Å². The Labute approximate surface area is 113 Å². The maximum atomic E-state index is 10.4. The lowest BCUT2D eigenvalue weighted by molar-refractivity contribution is 0.203. The summed E-state index contributed by atoms with van der Waals surface area (Å²) in [4.78, 5) is 0. The topological polar surface area (TPSA) is 47.3 Å². The van der Waals surface area contributed by atoms with E-state index in [1.165, 1.54) is 0 Å². The van der Waals surface area contributed by atoms with Gasteiger partial charge in [0.15, 0.2) is 5.75 Å². The SMILES string of the molecule is COc1cnn(C)c1C(O)c1ccccc1I. The van der Waals surface area contributed by atoms with Crippen molar-refractivity contribution in [3.63, 3.8) is 0 Å². The highest BCUT2D eigenvalue weighted by Gasteiger charge is 2.21. The largest absolute Gasteiger partial charge is 0.493 e. The highest BCUT2D eigenvalue weighted by atomic mass is 127. The number of rotatable bonds is 3. The average molecular weight is 344 g/mol. The fourth-order valence-corrected chi connectivity index (χ4v) is 2.42. The molecule has 0 saturated heterocycles. The Balaban J connectivity index is 2.47. The third-order valence-corrected chi connectivity index (χ3v) is 3.61. The average Bonchev–Trinajstić information content (AvgIpc) is 2.70. The van der Waals surface area contributed by atoms with Crippen LogP contribution in [0.5, 0.6) is 5.75 Å². The zero-order valence-electron chi connectivity index (χ0n) is 9.59. The van der Waals surface area contributed by atoms with Gasteiger partial charge in [0, 0.05) is 10.6 Å². The second-order valence-electron chi connectivity index (χ2n) is 3.65. The van der Waals surface area contributed by atoms with Crippen LogP contribution in [0.25, 0.3) is 0 Å². The Bertz CT molecular complexity index is 525. The van der Waals surface area contributed by atoms with Crippen molar-refractivity contribution < 1.29 is 9.84 Å². The highest BCUT2D eigenvalue weighted by Crippen LogP contribution is 2.31. The van der Waals surface area contributed by atoms with Gasteiger partial charge < -0.3 is 9.84 Å². The molecule has 0 aliphatic rings. The monoisotopic (exact) mass is 344 g/mol. The standard InChI is InChI=1S/C12H13IN2O2/c1-15-11(10(17-2)7-14-15)12(16)8-5-3-4-6-9(8)13/h3-7,12,16H,1-2H3. The van der Waals surface area contributed by atoms with Crippen LogP contribution in [0, 0.1) is 3.57 Å². The molecule has 5 heteroatoms. The Morgan fingerprint density at radius 3 is 2.76 bits per heavy atom. The normalized spacial score (nSPS) is 12.5. The molecule has 2 rings (SSSR count). The number of hydrogen-bond donors (Lipinski definition) is 1. The van der Waals surface area contributed by atoms with Crippen LogP contribution in [0.4, 0.5) is 0 Å². The molecule has 1 aromatic heterocycles. The van der Waals surface area contributed by atoms with E-state index in [-0.39, 0.29) is 0 Å². The van der Waals surface area contributed by atoms with Crippen LogP contribution in [0.15, 0.2) is 30.5 Å². The molecule has 0 amide bonds. The van der Waals surface area contributed by atoms with Gasteiger partial charge in [-0.1, -0.05) is 18.2 Å². The molecule has 0 radical (unpaired) electrons. The minimum atomic E-state index is -0.731. The van der Waals surface area contributed by atoms with Crippen molar-refractivity contribution in [2.75, 3.05) is 7.11 Å². The van der Waals surface area contributed by atoms with E-state index < -0.39 is 6.10 Å². The lowest BCUT2D eigenvalue weighted by atomic mass is 10.1. The van der Waals surface area contributed by atoms with E-state index in [1.54, 1.807) is 25.0 Å². The Morgan fingerprint density at radius 2 is 2.12 bits per heavy atom. The van der Waals surface area contributed by atoms with E-state index in [0.717, 1.165) is 9.13 Å². The van der Waals surface area contributed by atoms with Crippen molar-refractivity contribution in [1.82, 2.24) is 9.78 Å². The predicted molar refractivity (Wildman–Crippen MR) is 73.0 cm³/mol. The number of ether oxygens (including phenoxy) is 1. The summed E-state index contributed by atoms with van der Waals surface area (Å²) < 4.78 is 7.85. The van der Waals surface area contributed by atoms with Gasteiger partial charge in [-0.3, -0.25) is 4.68 Å². The first-order chi connectivity index (χ1) is 8.15. The van der Waals surface area contributed by atoms with Crippen LogP contribution in [0.1, 0.15) is 17.4 Å². The molecule has 0 aliphatic carbocycles. The number of aliphatic hydroxyl groups is 1. The highest BCUT2D eigenvalue weighted by molar-refractivity contribution is 14.1. The quantitative estimate of drug-likeness (QED) is 0.868. The summed E-state index contributed by atoms with van der Waals surface area (Å²) in [7, 11) is 3.36.